The van der Waals surface area contributed by atoms with Crippen molar-refractivity contribution in [3.8, 4) is 5.75 Å². The number of carboxylic acid groups (broad SMARTS) is 2. The van der Waals surface area contributed by atoms with Crippen LogP contribution in [0.4, 0.5) is 0 Å². The van der Waals surface area contributed by atoms with Gasteiger partial charge in [0, 0.05) is 0 Å². The molecule has 1 aliphatic carbocycles. The summed E-state index contributed by atoms with van der Waals surface area (Å²) in [6.07, 6.45) is 1.50. The van der Waals surface area contributed by atoms with Crippen molar-refractivity contribution in [3.05, 3.63) is 29.8 Å². The van der Waals surface area contributed by atoms with Crippen LogP contribution in [0.25, 0.3) is 0 Å². The monoisotopic (exact) mass is 292 g/mol. The predicted molar refractivity (Wildman–Crippen MR) is 76.5 cm³/mol. The maximum atomic E-state index is 11.8. The number of benzene rings is 1. The Balaban J connectivity index is 2.23. The van der Waals surface area contributed by atoms with E-state index in [1.54, 1.807) is 24.3 Å². The third kappa shape index (κ3) is 3.01. The summed E-state index contributed by atoms with van der Waals surface area (Å²) >= 11 is 0. The summed E-state index contributed by atoms with van der Waals surface area (Å²) < 4.78 is 5.36. The summed E-state index contributed by atoms with van der Waals surface area (Å²) in [5.41, 5.74) is -0.251. The summed E-state index contributed by atoms with van der Waals surface area (Å²) in [6, 6.07) is 7.10. The normalized spacial score (nSPS) is 25.3. The van der Waals surface area contributed by atoms with Gasteiger partial charge in [-0.25, -0.2) is 0 Å². The summed E-state index contributed by atoms with van der Waals surface area (Å²) in [6.45, 7) is 2.45. The van der Waals surface area contributed by atoms with Crippen molar-refractivity contribution in [1.29, 1.82) is 0 Å². The SMILES string of the molecule is CCOc1ccc(C2(C(=O)O)CCC(C(=O)O)CC2)cc1. The molecule has 0 saturated heterocycles. The first kappa shape index (κ1) is 15.4. The molecular formula is C16H20O5. The van der Waals surface area contributed by atoms with Crippen LogP contribution >= 0.6 is 0 Å². The van der Waals surface area contributed by atoms with Crippen molar-refractivity contribution in [2.24, 2.45) is 5.92 Å². The van der Waals surface area contributed by atoms with Gasteiger partial charge in [-0.2, -0.15) is 0 Å². The van der Waals surface area contributed by atoms with Gasteiger partial charge >= 0.3 is 11.9 Å². The Morgan fingerprint density at radius 2 is 1.76 bits per heavy atom. The van der Waals surface area contributed by atoms with Gasteiger partial charge in [0.1, 0.15) is 5.75 Å². The molecule has 1 saturated carbocycles. The highest BCUT2D eigenvalue weighted by Crippen LogP contribution is 2.42. The second-order valence-electron chi connectivity index (χ2n) is 5.46. The van der Waals surface area contributed by atoms with E-state index >= 15 is 0 Å². The zero-order valence-corrected chi connectivity index (χ0v) is 12.0. The number of carbonyl (C=O) groups is 2. The van der Waals surface area contributed by atoms with E-state index in [1.165, 1.54) is 0 Å². The Bertz CT molecular complexity index is 512. The lowest BCUT2D eigenvalue weighted by atomic mass is 9.66. The number of hydrogen-bond acceptors (Lipinski definition) is 3. The van der Waals surface area contributed by atoms with Crippen molar-refractivity contribution < 1.29 is 24.5 Å². The molecule has 0 heterocycles. The minimum atomic E-state index is -0.976. The molecule has 0 aliphatic heterocycles. The van der Waals surface area contributed by atoms with Crippen LogP contribution in [-0.4, -0.2) is 28.8 Å². The third-order valence-corrected chi connectivity index (χ3v) is 4.32. The van der Waals surface area contributed by atoms with E-state index in [2.05, 4.69) is 0 Å². The first-order chi connectivity index (χ1) is 9.99. The summed E-state index contributed by atoms with van der Waals surface area (Å²) in [7, 11) is 0. The second-order valence-corrected chi connectivity index (χ2v) is 5.46. The smallest absolute Gasteiger partial charge is 0.314 e. The van der Waals surface area contributed by atoms with Crippen molar-refractivity contribution in [1.82, 2.24) is 0 Å². The Hall–Kier alpha value is -2.04. The molecular weight excluding hydrogens is 272 g/mol. The van der Waals surface area contributed by atoms with E-state index in [4.69, 9.17) is 9.84 Å². The highest BCUT2D eigenvalue weighted by Gasteiger charge is 2.44. The zero-order chi connectivity index (χ0) is 15.5. The van der Waals surface area contributed by atoms with Crippen LogP contribution in [-0.2, 0) is 15.0 Å². The van der Waals surface area contributed by atoms with E-state index in [0.29, 0.717) is 38.0 Å². The quantitative estimate of drug-likeness (QED) is 0.871. The molecule has 0 bridgehead atoms. The lowest BCUT2D eigenvalue weighted by Crippen LogP contribution is -2.40. The molecule has 1 aromatic carbocycles. The number of hydrogen-bond donors (Lipinski definition) is 2. The first-order valence-electron chi connectivity index (χ1n) is 7.19. The van der Waals surface area contributed by atoms with Crippen LogP contribution in [0.1, 0.15) is 38.2 Å². The van der Waals surface area contributed by atoms with Gasteiger partial charge in [0.25, 0.3) is 0 Å². The minimum absolute atomic E-state index is 0.354. The van der Waals surface area contributed by atoms with Crippen molar-refractivity contribution in [2.45, 2.75) is 38.0 Å². The maximum Gasteiger partial charge on any atom is 0.314 e. The molecule has 1 fully saturated rings. The van der Waals surface area contributed by atoms with E-state index in [0.717, 1.165) is 5.56 Å². The molecule has 2 rings (SSSR count). The number of carboxylic acids is 2. The van der Waals surface area contributed by atoms with Crippen molar-refractivity contribution >= 4 is 11.9 Å². The molecule has 0 unspecified atom stereocenters. The molecule has 1 aromatic rings. The molecule has 0 radical (unpaired) electrons. The molecule has 0 atom stereocenters. The lowest BCUT2D eigenvalue weighted by molar-refractivity contribution is -0.150. The van der Waals surface area contributed by atoms with E-state index in [-0.39, 0.29) is 0 Å². The summed E-state index contributed by atoms with van der Waals surface area (Å²) in [4.78, 5) is 22.8. The Morgan fingerprint density at radius 1 is 1.19 bits per heavy atom. The highest BCUT2D eigenvalue weighted by atomic mass is 16.5. The number of rotatable bonds is 5. The number of ether oxygens (including phenoxy) is 1. The largest absolute Gasteiger partial charge is 0.494 e. The maximum absolute atomic E-state index is 11.8. The molecule has 0 aromatic heterocycles. The van der Waals surface area contributed by atoms with Crippen LogP contribution in [0.15, 0.2) is 24.3 Å². The molecule has 0 spiro atoms. The van der Waals surface area contributed by atoms with Crippen LogP contribution in [0, 0.1) is 5.92 Å². The molecule has 2 N–H and O–H groups in total. The number of aliphatic carboxylic acids is 2. The van der Waals surface area contributed by atoms with E-state index in [1.807, 2.05) is 6.92 Å². The molecule has 114 valence electrons. The topological polar surface area (TPSA) is 83.8 Å². The van der Waals surface area contributed by atoms with Crippen LogP contribution in [0.5, 0.6) is 5.75 Å². The fraction of sp³-hybridized carbons (Fsp3) is 0.500. The van der Waals surface area contributed by atoms with E-state index in [9.17, 15) is 14.7 Å². The van der Waals surface area contributed by atoms with Gasteiger partial charge < -0.3 is 14.9 Å². The average Bonchev–Trinajstić information content (AvgIpc) is 2.48. The fourth-order valence-electron chi connectivity index (χ4n) is 3.02. The summed E-state index contributed by atoms with van der Waals surface area (Å²) in [5, 5.41) is 18.7. The average molecular weight is 292 g/mol. The van der Waals surface area contributed by atoms with Gasteiger partial charge in [0.15, 0.2) is 0 Å². The van der Waals surface area contributed by atoms with E-state index < -0.39 is 23.3 Å². The summed E-state index contributed by atoms with van der Waals surface area (Å²) in [5.74, 6) is -1.43. The molecule has 21 heavy (non-hydrogen) atoms. The van der Waals surface area contributed by atoms with Crippen molar-refractivity contribution in [3.63, 3.8) is 0 Å². The highest BCUT2D eigenvalue weighted by molar-refractivity contribution is 5.82. The Labute approximate surface area is 123 Å². The molecule has 5 heteroatoms. The van der Waals surface area contributed by atoms with Crippen molar-refractivity contribution in [2.75, 3.05) is 6.61 Å². The van der Waals surface area contributed by atoms with Crippen LogP contribution in [0.2, 0.25) is 0 Å². The molecule has 0 amide bonds. The zero-order valence-electron chi connectivity index (χ0n) is 12.0. The van der Waals surface area contributed by atoms with Gasteiger partial charge in [-0.05, 0) is 50.3 Å². The standard InChI is InChI=1S/C16H20O5/c1-2-21-13-5-3-12(4-6-13)16(15(19)20)9-7-11(8-10-16)14(17)18/h3-6,11H,2,7-10H2,1H3,(H,17,18)(H,19,20). The van der Waals surface area contributed by atoms with Gasteiger partial charge in [0.05, 0.1) is 17.9 Å². The van der Waals surface area contributed by atoms with Gasteiger partial charge in [-0.15, -0.1) is 0 Å². The van der Waals surface area contributed by atoms with Crippen LogP contribution < -0.4 is 4.74 Å². The minimum Gasteiger partial charge on any atom is -0.494 e. The fourth-order valence-corrected chi connectivity index (χ4v) is 3.02. The van der Waals surface area contributed by atoms with Crippen LogP contribution in [0.3, 0.4) is 0 Å². The van der Waals surface area contributed by atoms with Gasteiger partial charge in [-0.1, -0.05) is 12.1 Å². The Morgan fingerprint density at radius 3 is 2.19 bits per heavy atom. The first-order valence-corrected chi connectivity index (χ1v) is 7.19. The van der Waals surface area contributed by atoms with Gasteiger partial charge in [-0.3, -0.25) is 9.59 Å². The second kappa shape index (κ2) is 6.16. The molecule has 1 aliphatic rings. The Kier molecular flexibility index (Phi) is 4.50. The molecule has 5 nitrogen and oxygen atoms in total. The third-order valence-electron chi connectivity index (χ3n) is 4.32. The van der Waals surface area contributed by atoms with Gasteiger partial charge in [0.2, 0.25) is 0 Å². The predicted octanol–water partition coefficient (Wildman–Crippen LogP) is 2.68. The lowest BCUT2D eigenvalue weighted by Gasteiger charge is -2.36.